The smallest absolute Gasteiger partial charge is 0.407 e. The number of amides is 1. The molecule has 1 heterocycles. The van der Waals surface area contributed by atoms with Gasteiger partial charge in [0.15, 0.2) is 0 Å². The summed E-state index contributed by atoms with van der Waals surface area (Å²) in [6, 6.07) is 9.71. The molecule has 0 unspecified atom stereocenters. The number of alkyl carbamates (subject to hydrolysis) is 1. The molecule has 1 amide bonds. The summed E-state index contributed by atoms with van der Waals surface area (Å²) < 4.78 is 5.22. The number of carbonyl (C=O) groups excluding carboxylic acids is 1. The van der Waals surface area contributed by atoms with Gasteiger partial charge in [0.2, 0.25) is 0 Å². The third kappa shape index (κ3) is 3.85. The quantitative estimate of drug-likeness (QED) is 0.903. The Balaban J connectivity index is 2.06. The fourth-order valence-corrected chi connectivity index (χ4v) is 1.82. The largest absolute Gasteiger partial charge is 0.444 e. The monoisotopic (exact) mass is 273 g/mol. The first-order valence-corrected chi connectivity index (χ1v) is 6.50. The van der Waals surface area contributed by atoms with Crippen molar-refractivity contribution < 1.29 is 9.53 Å². The fourth-order valence-electron chi connectivity index (χ4n) is 1.82. The molecule has 2 aromatic rings. The number of hydrogen-bond acceptors (Lipinski definition) is 3. The molecule has 0 radical (unpaired) electrons. The van der Waals surface area contributed by atoms with Crippen molar-refractivity contribution in [2.75, 3.05) is 0 Å². The van der Waals surface area contributed by atoms with Gasteiger partial charge in [-0.2, -0.15) is 5.10 Å². The molecule has 0 spiro atoms. The third-order valence-electron chi connectivity index (χ3n) is 2.62. The summed E-state index contributed by atoms with van der Waals surface area (Å²) in [7, 11) is 0. The summed E-state index contributed by atoms with van der Waals surface area (Å²) in [6.07, 6.45) is 1.35. The minimum atomic E-state index is -0.494. The fraction of sp³-hybridized carbons (Fsp3) is 0.333. The average Bonchev–Trinajstić information content (AvgIpc) is 2.88. The Labute approximate surface area is 118 Å². The van der Waals surface area contributed by atoms with Crippen LogP contribution in [0.4, 0.5) is 4.79 Å². The van der Waals surface area contributed by atoms with Gasteiger partial charge in [0.05, 0.1) is 5.69 Å². The lowest BCUT2D eigenvalue weighted by molar-refractivity contribution is 0.0523. The Hall–Kier alpha value is -2.30. The van der Waals surface area contributed by atoms with Crippen LogP contribution in [0.1, 0.15) is 26.3 Å². The standard InChI is InChI=1S/C15H19N3O2/c1-15(2,3)20-14(19)16-10-11-6-4-5-7-12(11)13-8-9-17-18-13/h4-9H,10H2,1-3H3,(H,16,19)(H,17,18). The maximum atomic E-state index is 11.7. The van der Waals surface area contributed by atoms with Gasteiger partial charge in [0.1, 0.15) is 5.60 Å². The highest BCUT2D eigenvalue weighted by molar-refractivity contribution is 5.69. The number of H-pyrrole nitrogens is 1. The van der Waals surface area contributed by atoms with E-state index in [0.29, 0.717) is 6.54 Å². The second-order valence-electron chi connectivity index (χ2n) is 5.47. The molecule has 0 aliphatic rings. The van der Waals surface area contributed by atoms with Gasteiger partial charge in [-0.25, -0.2) is 4.79 Å². The predicted octanol–water partition coefficient (Wildman–Crippen LogP) is 3.10. The molecule has 5 heteroatoms. The molecule has 5 nitrogen and oxygen atoms in total. The first kappa shape index (κ1) is 14.1. The zero-order chi connectivity index (χ0) is 14.6. The Bertz CT molecular complexity index is 571. The van der Waals surface area contributed by atoms with Gasteiger partial charge in [-0.05, 0) is 32.4 Å². The first-order valence-electron chi connectivity index (χ1n) is 6.50. The number of aromatic amines is 1. The lowest BCUT2D eigenvalue weighted by Crippen LogP contribution is -2.32. The van der Waals surface area contributed by atoms with Crippen molar-refractivity contribution in [3.8, 4) is 11.3 Å². The molecule has 0 bridgehead atoms. The zero-order valence-corrected chi connectivity index (χ0v) is 11.9. The third-order valence-corrected chi connectivity index (χ3v) is 2.62. The molecule has 0 saturated carbocycles. The summed E-state index contributed by atoms with van der Waals surface area (Å²) in [6.45, 7) is 5.91. The van der Waals surface area contributed by atoms with E-state index in [2.05, 4.69) is 15.5 Å². The Kier molecular flexibility index (Phi) is 4.08. The zero-order valence-electron chi connectivity index (χ0n) is 11.9. The minimum Gasteiger partial charge on any atom is -0.444 e. The highest BCUT2D eigenvalue weighted by atomic mass is 16.6. The van der Waals surface area contributed by atoms with Crippen molar-refractivity contribution >= 4 is 6.09 Å². The lowest BCUT2D eigenvalue weighted by atomic mass is 10.0. The SMILES string of the molecule is CC(C)(C)OC(=O)NCc1ccccc1-c1cc[nH]n1. The summed E-state index contributed by atoms with van der Waals surface area (Å²) in [5.41, 5.74) is 2.34. The van der Waals surface area contributed by atoms with Crippen molar-refractivity contribution in [1.29, 1.82) is 0 Å². The van der Waals surface area contributed by atoms with Crippen LogP contribution in [0.15, 0.2) is 36.5 Å². The van der Waals surface area contributed by atoms with Crippen LogP contribution in [0.25, 0.3) is 11.3 Å². The predicted molar refractivity (Wildman–Crippen MR) is 77.1 cm³/mol. The number of carbonyl (C=O) groups is 1. The summed E-state index contributed by atoms with van der Waals surface area (Å²) >= 11 is 0. The van der Waals surface area contributed by atoms with Crippen molar-refractivity contribution in [2.45, 2.75) is 32.9 Å². The van der Waals surface area contributed by atoms with Crippen LogP contribution in [0, 0.1) is 0 Å². The molecular formula is C15H19N3O2. The molecule has 0 atom stereocenters. The van der Waals surface area contributed by atoms with Gasteiger partial charge in [-0.1, -0.05) is 24.3 Å². The van der Waals surface area contributed by atoms with Crippen LogP contribution < -0.4 is 5.32 Å². The molecule has 1 aromatic heterocycles. The van der Waals surface area contributed by atoms with Crippen molar-refractivity contribution in [1.82, 2.24) is 15.5 Å². The Morgan fingerprint density at radius 2 is 2.05 bits per heavy atom. The molecule has 1 aromatic carbocycles. The Morgan fingerprint density at radius 3 is 2.70 bits per heavy atom. The summed E-state index contributed by atoms with van der Waals surface area (Å²) in [4.78, 5) is 11.7. The van der Waals surface area contributed by atoms with E-state index in [1.54, 1.807) is 6.20 Å². The van der Waals surface area contributed by atoms with Crippen LogP contribution in [0.2, 0.25) is 0 Å². The van der Waals surface area contributed by atoms with Gasteiger partial charge in [0.25, 0.3) is 0 Å². The van der Waals surface area contributed by atoms with Gasteiger partial charge in [-0.15, -0.1) is 0 Å². The van der Waals surface area contributed by atoms with E-state index in [1.807, 2.05) is 51.1 Å². The summed E-state index contributed by atoms with van der Waals surface area (Å²) in [5.74, 6) is 0. The van der Waals surface area contributed by atoms with E-state index in [4.69, 9.17) is 4.74 Å². The number of hydrogen-bond donors (Lipinski definition) is 2. The van der Waals surface area contributed by atoms with E-state index in [1.165, 1.54) is 0 Å². The average molecular weight is 273 g/mol. The maximum absolute atomic E-state index is 11.7. The van der Waals surface area contributed by atoms with Gasteiger partial charge < -0.3 is 10.1 Å². The van der Waals surface area contributed by atoms with Crippen molar-refractivity contribution in [3.05, 3.63) is 42.1 Å². The molecule has 0 aliphatic carbocycles. The van der Waals surface area contributed by atoms with Crippen LogP contribution in [0.3, 0.4) is 0 Å². The molecule has 0 aliphatic heterocycles. The van der Waals surface area contributed by atoms with Crippen molar-refractivity contribution in [3.63, 3.8) is 0 Å². The molecule has 2 rings (SSSR count). The van der Waals surface area contributed by atoms with Gasteiger partial charge in [-0.3, -0.25) is 5.10 Å². The Morgan fingerprint density at radius 1 is 1.30 bits per heavy atom. The van der Waals surface area contributed by atoms with Gasteiger partial charge in [0, 0.05) is 18.3 Å². The van der Waals surface area contributed by atoms with Crippen LogP contribution >= 0.6 is 0 Å². The van der Waals surface area contributed by atoms with E-state index in [-0.39, 0.29) is 0 Å². The number of aromatic nitrogens is 2. The summed E-state index contributed by atoms with van der Waals surface area (Å²) in [5, 5.41) is 9.71. The van der Waals surface area contributed by atoms with Crippen LogP contribution in [-0.2, 0) is 11.3 Å². The number of benzene rings is 1. The second-order valence-corrected chi connectivity index (χ2v) is 5.47. The van der Waals surface area contributed by atoms with E-state index >= 15 is 0 Å². The van der Waals surface area contributed by atoms with E-state index in [9.17, 15) is 4.79 Å². The van der Waals surface area contributed by atoms with E-state index < -0.39 is 11.7 Å². The topological polar surface area (TPSA) is 67.0 Å². The first-order chi connectivity index (χ1) is 9.46. The maximum Gasteiger partial charge on any atom is 0.407 e. The minimum absolute atomic E-state index is 0.401. The molecule has 106 valence electrons. The number of nitrogens with one attached hydrogen (secondary N) is 2. The van der Waals surface area contributed by atoms with E-state index in [0.717, 1.165) is 16.8 Å². The van der Waals surface area contributed by atoms with Crippen LogP contribution in [-0.4, -0.2) is 21.9 Å². The van der Waals surface area contributed by atoms with Crippen molar-refractivity contribution in [2.24, 2.45) is 0 Å². The second kappa shape index (κ2) is 5.77. The normalized spacial score (nSPS) is 11.2. The lowest BCUT2D eigenvalue weighted by Gasteiger charge is -2.20. The number of ether oxygens (including phenoxy) is 1. The molecule has 0 fully saturated rings. The highest BCUT2D eigenvalue weighted by Crippen LogP contribution is 2.21. The molecular weight excluding hydrogens is 254 g/mol. The molecule has 0 saturated heterocycles. The molecule has 2 N–H and O–H groups in total. The number of rotatable bonds is 3. The highest BCUT2D eigenvalue weighted by Gasteiger charge is 2.16. The number of nitrogens with zero attached hydrogens (tertiary/aromatic N) is 1. The van der Waals surface area contributed by atoms with Crippen LogP contribution in [0.5, 0.6) is 0 Å². The van der Waals surface area contributed by atoms with Gasteiger partial charge >= 0.3 is 6.09 Å². The molecule has 20 heavy (non-hydrogen) atoms.